The van der Waals surface area contributed by atoms with Gasteiger partial charge in [0.05, 0.1) is 5.56 Å². The predicted octanol–water partition coefficient (Wildman–Crippen LogP) is 8.67. The Hall–Kier alpha value is -3.36. The number of halogens is 3. The molecule has 2 atom stereocenters. The van der Waals surface area contributed by atoms with Crippen LogP contribution in [0.4, 0.5) is 13.2 Å². The van der Waals surface area contributed by atoms with Gasteiger partial charge in [-0.2, -0.15) is 13.2 Å². The Morgan fingerprint density at radius 1 is 0.929 bits per heavy atom. The summed E-state index contributed by atoms with van der Waals surface area (Å²) in [6.45, 7) is 24.1. The van der Waals surface area contributed by atoms with Crippen molar-refractivity contribution in [2.24, 2.45) is 10.8 Å². The smallest absolute Gasteiger partial charge is 0.416 e. The van der Waals surface area contributed by atoms with Crippen molar-refractivity contribution in [1.29, 1.82) is 0 Å². The van der Waals surface area contributed by atoms with Gasteiger partial charge in [-0.3, -0.25) is 0 Å². The van der Waals surface area contributed by atoms with Crippen LogP contribution in [0.1, 0.15) is 98.8 Å². The van der Waals surface area contributed by atoms with Crippen molar-refractivity contribution >= 4 is 17.0 Å². The molecule has 230 valence electrons. The second kappa shape index (κ2) is 11.0. The Morgan fingerprint density at radius 3 is 2.02 bits per heavy atom. The third-order valence-electron chi connectivity index (χ3n) is 7.63. The summed E-state index contributed by atoms with van der Waals surface area (Å²) >= 11 is 0. The van der Waals surface area contributed by atoms with Gasteiger partial charge in [0.25, 0.3) is 0 Å². The summed E-state index contributed by atoms with van der Waals surface area (Å²) in [6, 6.07) is 6.89. The van der Waals surface area contributed by atoms with Crippen molar-refractivity contribution in [3.63, 3.8) is 0 Å². The van der Waals surface area contributed by atoms with Gasteiger partial charge < -0.3 is 9.84 Å². The van der Waals surface area contributed by atoms with E-state index in [1.54, 1.807) is 6.07 Å². The van der Waals surface area contributed by atoms with Gasteiger partial charge in [0, 0.05) is 17.1 Å². The third-order valence-corrected chi connectivity index (χ3v) is 7.63. The zero-order valence-electron chi connectivity index (χ0n) is 26.4. The van der Waals surface area contributed by atoms with Crippen LogP contribution >= 0.6 is 0 Å². The molecule has 0 saturated heterocycles. The fraction of sp³-hybridized carbons (Fsp3) is 0.545. The molecule has 3 aromatic rings. The van der Waals surface area contributed by atoms with Crippen LogP contribution in [0.3, 0.4) is 0 Å². The molecule has 6 nitrogen and oxygen atoms in total. The number of carbonyl (C=O) groups excluding carboxylic acids is 1. The summed E-state index contributed by atoms with van der Waals surface area (Å²) in [5.41, 5.74) is -0.387. The van der Waals surface area contributed by atoms with Gasteiger partial charge in [0.15, 0.2) is 0 Å². The largest absolute Gasteiger partial charge is 0.505 e. The molecule has 42 heavy (non-hydrogen) atoms. The normalized spacial score (nSPS) is 15.4. The topological polar surface area (TPSA) is 77.2 Å². The van der Waals surface area contributed by atoms with E-state index in [0.717, 1.165) is 30.2 Å². The van der Waals surface area contributed by atoms with Crippen LogP contribution in [0.15, 0.2) is 43.0 Å². The van der Waals surface area contributed by atoms with E-state index >= 15 is 0 Å². The lowest BCUT2D eigenvalue weighted by Gasteiger charge is -2.41. The fourth-order valence-corrected chi connectivity index (χ4v) is 6.17. The maximum Gasteiger partial charge on any atom is 0.416 e. The van der Waals surface area contributed by atoms with Crippen molar-refractivity contribution in [3.8, 4) is 11.4 Å². The minimum absolute atomic E-state index is 0.0517. The predicted molar refractivity (Wildman–Crippen MR) is 160 cm³/mol. The summed E-state index contributed by atoms with van der Waals surface area (Å²) in [5, 5.41) is 20.6. The van der Waals surface area contributed by atoms with Gasteiger partial charge >= 0.3 is 12.1 Å². The zero-order chi connectivity index (χ0) is 32.1. The Kier molecular flexibility index (Phi) is 8.72. The van der Waals surface area contributed by atoms with E-state index in [9.17, 15) is 23.1 Å². The monoisotopic (exact) mass is 587 g/mol. The second-order valence-electron chi connectivity index (χ2n) is 14.6. The highest BCUT2D eigenvalue weighted by Crippen LogP contribution is 2.47. The molecule has 0 saturated carbocycles. The molecule has 0 spiro atoms. The minimum Gasteiger partial charge on any atom is -0.505 e. The number of ether oxygens (including phenoxy) is 1. The molecule has 2 unspecified atom stereocenters. The van der Waals surface area contributed by atoms with Gasteiger partial charge in [-0.1, -0.05) is 75.0 Å². The molecule has 2 aromatic carbocycles. The summed E-state index contributed by atoms with van der Waals surface area (Å²) in [7, 11) is 0. The average Bonchev–Trinajstić information content (AvgIpc) is 3.23. The van der Waals surface area contributed by atoms with Crippen molar-refractivity contribution in [2.75, 3.05) is 0 Å². The SMILES string of the molecule is C=CC(=O)OC(C)C(C)(CC(C)(C)C)c1cc(-n2nc3ccc(C(F)(F)F)cc3n2)c(O)c(C(C)(C)CC(C)(C)C)c1. The summed E-state index contributed by atoms with van der Waals surface area (Å²) in [4.78, 5) is 13.5. The van der Waals surface area contributed by atoms with E-state index in [-0.39, 0.29) is 33.3 Å². The first-order valence-corrected chi connectivity index (χ1v) is 14.1. The van der Waals surface area contributed by atoms with Gasteiger partial charge in [-0.15, -0.1) is 15.0 Å². The number of esters is 1. The number of hydrogen-bond donors (Lipinski definition) is 1. The standard InChI is InChI=1S/C33H44F3N3O3/c1-12-27(40)42-20(2)32(11,19-30(6,7)8)22-15-23(31(9,10)18-29(3,4)5)28(41)26(17-22)39-37-24-14-13-21(33(34,35)36)16-25(24)38-39/h12-17,20,41H,1,18-19H2,2-11H3. The molecule has 3 rings (SSSR count). The van der Waals surface area contributed by atoms with Crippen LogP contribution in [0, 0.1) is 10.8 Å². The molecule has 0 aliphatic carbocycles. The Bertz CT molecular complexity index is 1480. The Balaban J connectivity index is 2.37. The first-order chi connectivity index (χ1) is 19.0. The number of aromatic nitrogens is 3. The summed E-state index contributed by atoms with van der Waals surface area (Å²) in [5.74, 6) is -0.603. The lowest BCUT2D eigenvalue weighted by Crippen LogP contribution is -2.41. The first kappa shape index (κ1) is 33.1. The minimum atomic E-state index is -4.53. The summed E-state index contributed by atoms with van der Waals surface area (Å²) in [6.07, 6.45) is -2.66. The molecular weight excluding hydrogens is 543 g/mol. The number of carbonyl (C=O) groups is 1. The Morgan fingerprint density at radius 2 is 1.50 bits per heavy atom. The zero-order valence-corrected chi connectivity index (χ0v) is 26.4. The fourth-order valence-electron chi connectivity index (χ4n) is 6.17. The number of aromatic hydroxyl groups is 1. The molecule has 0 aliphatic rings. The number of phenols is 1. The highest BCUT2D eigenvalue weighted by molar-refractivity contribution is 5.81. The van der Waals surface area contributed by atoms with Crippen molar-refractivity contribution in [2.45, 2.75) is 105 Å². The lowest BCUT2D eigenvalue weighted by atomic mass is 9.66. The van der Waals surface area contributed by atoms with E-state index in [1.807, 2.05) is 33.8 Å². The van der Waals surface area contributed by atoms with Crippen LogP contribution in [-0.2, 0) is 26.5 Å². The molecular formula is C33H44F3N3O3. The van der Waals surface area contributed by atoms with E-state index in [0.29, 0.717) is 12.0 Å². The molecule has 1 aromatic heterocycles. The van der Waals surface area contributed by atoms with Crippen LogP contribution < -0.4 is 0 Å². The van der Waals surface area contributed by atoms with Crippen LogP contribution in [0.2, 0.25) is 0 Å². The van der Waals surface area contributed by atoms with E-state index < -0.39 is 34.6 Å². The molecule has 0 amide bonds. The van der Waals surface area contributed by atoms with E-state index in [2.05, 4.69) is 58.3 Å². The molecule has 0 bridgehead atoms. The first-order valence-electron chi connectivity index (χ1n) is 14.1. The molecule has 1 N–H and O–H groups in total. The molecule has 9 heteroatoms. The molecule has 1 heterocycles. The number of hydrogen-bond acceptors (Lipinski definition) is 5. The Labute approximate surface area is 247 Å². The lowest BCUT2D eigenvalue weighted by molar-refractivity contribution is -0.146. The van der Waals surface area contributed by atoms with E-state index in [1.165, 1.54) is 10.9 Å². The quantitative estimate of drug-likeness (QED) is 0.211. The number of phenolic OH excluding ortho intramolecular Hbond substituents is 1. The molecule has 0 aliphatic heterocycles. The number of nitrogens with zero attached hydrogens (tertiary/aromatic N) is 3. The average molecular weight is 588 g/mol. The van der Waals surface area contributed by atoms with E-state index in [4.69, 9.17) is 4.74 Å². The van der Waals surface area contributed by atoms with Gasteiger partial charge in [-0.25, -0.2) is 4.79 Å². The van der Waals surface area contributed by atoms with Gasteiger partial charge in [-0.05, 0) is 65.8 Å². The van der Waals surface area contributed by atoms with Crippen molar-refractivity contribution in [1.82, 2.24) is 15.0 Å². The second-order valence-corrected chi connectivity index (χ2v) is 14.6. The maximum absolute atomic E-state index is 13.4. The maximum atomic E-state index is 13.4. The number of benzene rings is 2. The molecule has 0 fully saturated rings. The number of fused-ring (bicyclic) bond motifs is 1. The van der Waals surface area contributed by atoms with Crippen molar-refractivity contribution in [3.05, 3.63) is 59.7 Å². The van der Waals surface area contributed by atoms with Crippen LogP contribution in [0.25, 0.3) is 16.7 Å². The highest BCUT2D eigenvalue weighted by Gasteiger charge is 2.41. The number of rotatable bonds is 8. The van der Waals surface area contributed by atoms with Crippen LogP contribution in [-0.4, -0.2) is 32.2 Å². The number of alkyl halides is 3. The van der Waals surface area contributed by atoms with Crippen LogP contribution in [0.5, 0.6) is 5.75 Å². The van der Waals surface area contributed by atoms with Gasteiger partial charge in [0.1, 0.15) is 28.6 Å². The van der Waals surface area contributed by atoms with Crippen molar-refractivity contribution < 1.29 is 27.8 Å². The molecule has 0 radical (unpaired) electrons. The highest BCUT2D eigenvalue weighted by atomic mass is 19.4. The summed E-state index contributed by atoms with van der Waals surface area (Å²) < 4.78 is 46.0. The van der Waals surface area contributed by atoms with Gasteiger partial charge in [0.2, 0.25) is 0 Å². The third kappa shape index (κ3) is 7.34.